The molecule has 0 fully saturated rings. The molecule has 0 aromatic heterocycles. The van der Waals surface area contributed by atoms with E-state index in [4.69, 9.17) is 16.7 Å². The van der Waals surface area contributed by atoms with Gasteiger partial charge < -0.3 is 10.4 Å². The van der Waals surface area contributed by atoms with E-state index in [1.54, 1.807) is 6.08 Å². The summed E-state index contributed by atoms with van der Waals surface area (Å²) in [7, 11) is 0. The summed E-state index contributed by atoms with van der Waals surface area (Å²) in [5, 5.41) is 10.9. The lowest BCUT2D eigenvalue weighted by Crippen LogP contribution is -2.38. The van der Waals surface area contributed by atoms with Crippen molar-refractivity contribution in [2.45, 2.75) is 24.8 Å². The lowest BCUT2D eigenvalue weighted by molar-refractivity contribution is -0.119. The summed E-state index contributed by atoms with van der Waals surface area (Å²) in [6.45, 7) is 1.14. The van der Waals surface area contributed by atoms with Crippen molar-refractivity contribution in [3.05, 3.63) is 23.6 Å². The van der Waals surface area contributed by atoms with Crippen LogP contribution >= 0.6 is 11.6 Å². The molecule has 1 aliphatic carbocycles. The minimum Gasteiger partial charge on any atom is -0.394 e. The van der Waals surface area contributed by atoms with Crippen LogP contribution < -0.4 is 5.32 Å². The smallest absolute Gasteiger partial charge is 0.217 e. The Morgan fingerprint density at radius 2 is 2.47 bits per heavy atom. The molecular weight excluding hydrogens is 221 g/mol. The fourth-order valence-corrected chi connectivity index (χ4v) is 1.67. The van der Waals surface area contributed by atoms with Crippen molar-refractivity contribution < 1.29 is 14.3 Å². The Hall–Kier alpha value is -0.870. The lowest BCUT2D eigenvalue weighted by Gasteiger charge is -2.22. The summed E-state index contributed by atoms with van der Waals surface area (Å²) in [6.07, 6.45) is 3.11. The van der Waals surface area contributed by atoms with Crippen molar-refractivity contribution in [2.24, 2.45) is 0 Å². The van der Waals surface area contributed by atoms with Crippen LogP contribution in [0.3, 0.4) is 0 Å². The number of halogens is 2. The summed E-state index contributed by atoms with van der Waals surface area (Å²) in [5.41, 5.74) is 0.731. The zero-order valence-corrected chi connectivity index (χ0v) is 9.09. The third-order valence-corrected chi connectivity index (χ3v) is 2.54. The fraction of sp³-hybridized carbons (Fsp3) is 0.500. The lowest BCUT2D eigenvalue weighted by atomic mass is 9.97. The Labute approximate surface area is 92.6 Å². The zero-order valence-electron chi connectivity index (χ0n) is 8.34. The quantitative estimate of drug-likeness (QED) is 0.722. The van der Waals surface area contributed by atoms with E-state index in [1.165, 1.54) is 13.0 Å². The Bertz CT molecular complexity index is 315. The molecule has 15 heavy (non-hydrogen) atoms. The number of carbonyl (C=O) groups excluding carboxylic acids is 1. The maximum absolute atomic E-state index is 12.9. The molecule has 1 amide bonds. The highest BCUT2D eigenvalue weighted by atomic mass is 35.5. The van der Waals surface area contributed by atoms with Gasteiger partial charge in [0.05, 0.1) is 18.0 Å². The van der Waals surface area contributed by atoms with Crippen molar-refractivity contribution in [1.82, 2.24) is 5.32 Å². The molecule has 84 valence electrons. The normalized spacial score (nSPS) is 22.8. The molecule has 0 aliphatic heterocycles. The van der Waals surface area contributed by atoms with Gasteiger partial charge in [-0.15, -0.1) is 11.6 Å². The molecule has 0 saturated heterocycles. The van der Waals surface area contributed by atoms with Crippen molar-refractivity contribution in [3.63, 3.8) is 0 Å². The van der Waals surface area contributed by atoms with Crippen LogP contribution in [0.1, 0.15) is 13.3 Å². The molecule has 2 atom stereocenters. The fourth-order valence-electron chi connectivity index (χ4n) is 1.42. The van der Waals surface area contributed by atoms with Crippen LogP contribution in [0.2, 0.25) is 0 Å². The molecule has 0 radical (unpaired) electrons. The van der Waals surface area contributed by atoms with E-state index < -0.39 is 11.4 Å². The molecule has 0 bridgehead atoms. The van der Waals surface area contributed by atoms with Crippen LogP contribution in [0.4, 0.5) is 4.39 Å². The first-order chi connectivity index (χ1) is 7.04. The topological polar surface area (TPSA) is 49.3 Å². The van der Waals surface area contributed by atoms with Crippen LogP contribution in [-0.2, 0) is 4.79 Å². The van der Waals surface area contributed by atoms with Crippen LogP contribution in [0.15, 0.2) is 23.6 Å². The van der Waals surface area contributed by atoms with E-state index in [1.807, 2.05) is 0 Å². The third kappa shape index (κ3) is 3.32. The van der Waals surface area contributed by atoms with Gasteiger partial charge in [-0.2, -0.15) is 0 Å². The number of aliphatic hydroxyl groups excluding tert-OH is 1. The van der Waals surface area contributed by atoms with Gasteiger partial charge in [-0.25, -0.2) is 4.39 Å². The van der Waals surface area contributed by atoms with Crippen molar-refractivity contribution >= 4 is 17.5 Å². The number of hydrogen-bond donors (Lipinski definition) is 2. The Morgan fingerprint density at radius 3 is 2.93 bits per heavy atom. The van der Waals surface area contributed by atoms with E-state index in [2.05, 4.69) is 5.32 Å². The number of alkyl halides is 1. The average Bonchev–Trinajstić information content (AvgIpc) is 2.18. The van der Waals surface area contributed by atoms with E-state index in [-0.39, 0.29) is 18.3 Å². The Morgan fingerprint density at radius 1 is 1.80 bits per heavy atom. The second kappa shape index (κ2) is 5.28. The van der Waals surface area contributed by atoms with Gasteiger partial charge in [-0.1, -0.05) is 6.08 Å². The maximum Gasteiger partial charge on any atom is 0.217 e. The number of rotatable bonds is 3. The first kappa shape index (κ1) is 12.2. The van der Waals surface area contributed by atoms with Gasteiger partial charge in [0.15, 0.2) is 0 Å². The monoisotopic (exact) mass is 233 g/mol. The van der Waals surface area contributed by atoms with Crippen LogP contribution in [0.25, 0.3) is 0 Å². The van der Waals surface area contributed by atoms with Gasteiger partial charge in [-0.3, -0.25) is 4.79 Å². The van der Waals surface area contributed by atoms with Gasteiger partial charge in [0.1, 0.15) is 5.83 Å². The second-order valence-electron chi connectivity index (χ2n) is 3.40. The van der Waals surface area contributed by atoms with Crippen LogP contribution in [-0.4, -0.2) is 29.0 Å². The first-order valence-corrected chi connectivity index (χ1v) is 5.06. The molecule has 1 unspecified atom stereocenters. The summed E-state index contributed by atoms with van der Waals surface area (Å²) in [5.74, 6) is -0.629. The molecule has 0 heterocycles. The van der Waals surface area contributed by atoms with Crippen LogP contribution in [0, 0.1) is 0 Å². The van der Waals surface area contributed by atoms with Gasteiger partial charge >= 0.3 is 0 Å². The van der Waals surface area contributed by atoms with Crippen molar-refractivity contribution in [2.75, 3.05) is 6.61 Å². The van der Waals surface area contributed by atoms with E-state index in [9.17, 15) is 9.18 Å². The molecule has 2 N–H and O–H groups in total. The Kier molecular flexibility index (Phi) is 4.29. The predicted octanol–water partition coefficient (Wildman–Crippen LogP) is 1.27. The number of nitrogens with one attached hydrogen (secondary N) is 1. The van der Waals surface area contributed by atoms with Gasteiger partial charge in [0.2, 0.25) is 5.91 Å². The predicted molar refractivity (Wildman–Crippen MR) is 56.2 cm³/mol. The average molecular weight is 234 g/mol. The first-order valence-electron chi connectivity index (χ1n) is 4.62. The largest absolute Gasteiger partial charge is 0.394 e. The Balaban J connectivity index is 2.74. The number of aliphatic hydroxyl groups is 1. The molecule has 0 spiro atoms. The highest BCUT2D eigenvalue weighted by Crippen LogP contribution is 2.26. The highest BCUT2D eigenvalue weighted by molar-refractivity contribution is 6.22. The van der Waals surface area contributed by atoms with E-state index in [0.717, 1.165) is 5.57 Å². The molecule has 0 aromatic carbocycles. The molecule has 0 saturated carbocycles. The number of allylic oxidation sites excluding steroid dienone is 3. The minimum atomic E-state index is -0.701. The third-order valence-electron chi connectivity index (χ3n) is 2.18. The van der Waals surface area contributed by atoms with Crippen LogP contribution in [0.5, 0.6) is 0 Å². The van der Waals surface area contributed by atoms with Gasteiger partial charge in [-0.05, 0) is 18.1 Å². The summed E-state index contributed by atoms with van der Waals surface area (Å²) >= 11 is 5.72. The van der Waals surface area contributed by atoms with Crippen molar-refractivity contribution in [1.29, 1.82) is 0 Å². The number of amides is 1. The SMILES string of the molecule is CC(=O)N[C@H](CO)C1=CC=C(F)C(Cl)C1. The minimum absolute atomic E-state index is 0.218. The standard InChI is InChI=1S/C10H13ClFNO2/c1-6(15)13-10(5-14)7-2-3-9(12)8(11)4-7/h2-3,8,10,14H,4-5H2,1H3,(H,13,15)/t8?,10-/m1/s1. The summed E-state index contributed by atoms with van der Waals surface area (Å²) in [6, 6.07) is -0.479. The molecular formula is C10H13ClFNO2. The molecule has 1 aliphatic rings. The molecule has 5 heteroatoms. The maximum atomic E-state index is 12.9. The molecule has 1 rings (SSSR count). The van der Waals surface area contributed by atoms with E-state index in [0.29, 0.717) is 6.42 Å². The van der Waals surface area contributed by atoms with Gasteiger partial charge in [0, 0.05) is 6.92 Å². The van der Waals surface area contributed by atoms with Gasteiger partial charge in [0.25, 0.3) is 0 Å². The second-order valence-corrected chi connectivity index (χ2v) is 3.93. The number of hydrogen-bond acceptors (Lipinski definition) is 2. The zero-order chi connectivity index (χ0) is 11.4. The molecule has 3 nitrogen and oxygen atoms in total. The number of carbonyl (C=O) groups is 1. The summed E-state index contributed by atoms with van der Waals surface area (Å²) in [4.78, 5) is 10.8. The van der Waals surface area contributed by atoms with E-state index >= 15 is 0 Å². The highest BCUT2D eigenvalue weighted by Gasteiger charge is 2.22. The molecule has 0 aromatic rings. The van der Waals surface area contributed by atoms with Crippen molar-refractivity contribution in [3.8, 4) is 0 Å². The summed E-state index contributed by atoms with van der Waals surface area (Å²) < 4.78 is 12.9.